The summed E-state index contributed by atoms with van der Waals surface area (Å²) < 4.78 is 6.56. The molecule has 2 aromatic rings. The number of carbonyl (C=O) groups excluding carboxylic acids is 2. The van der Waals surface area contributed by atoms with Crippen molar-refractivity contribution in [2.24, 2.45) is 0 Å². The van der Waals surface area contributed by atoms with Crippen LogP contribution in [0.3, 0.4) is 0 Å². The molecule has 2 rings (SSSR count). The predicted octanol–water partition coefficient (Wildman–Crippen LogP) is 1.87. The molecule has 21 heavy (non-hydrogen) atoms. The van der Waals surface area contributed by atoms with Crippen molar-refractivity contribution in [3.8, 4) is 0 Å². The fraction of sp³-hybridized carbons (Fsp3) is 0.200. The summed E-state index contributed by atoms with van der Waals surface area (Å²) in [6, 6.07) is 12.2. The highest BCUT2D eigenvalue weighted by Crippen LogP contribution is 2.00. The Bertz CT molecular complexity index is 581. The fourth-order valence-electron chi connectivity index (χ4n) is 1.64. The minimum absolute atomic E-state index is 0.165. The molecule has 1 aromatic heterocycles. The summed E-state index contributed by atoms with van der Waals surface area (Å²) in [6.45, 7) is 1.75. The minimum Gasteiger partial charge on any atom is -0.445 e. The van der Waals surface area contributed by atoms with Gasteiger partial charge in [-0.05, 0) is 24.6 Å². The van der Waals surface area contributed by atoms with Gasteiger partial charge in [0.2, 0.25) is 0 Å². The summed E-state index contributed by atoms with van der Waals surface area (Å²) in [4.78, 5) is 23.4. The van der Waals surface area contributed by atoms with Gasteiger partial charge >= 0.3 is 6.09 Å². The van der Waals surface area contributed by atoms with Crippen molar-refractivity contribution >= 4 is 12.0 Å². The first kappa shape index (κ1) is 14.6. The lowest BCUT2D eigenvalue weighted by molar-refractivity contribution is -0.118. The maximum Gasteiger partial charge on any atom is 0.408 e. The molecular formula is C15H17N3O3. The van der Waals surface area contributed by atoms with Crippen molar-refractivity contribution in [2.75, 3.05) is 5.43 Å². The van der Waals surface area contributed by atoms with E-state index in [1.807, 2.05) is 30.3 Å². The molecule has 1 atom stereocenters. The molecule has 0 aliphatic heterocycles. The van der Waals surface area contributed by atoms with Gasteiger partial charge in [0.05, 0.1) is 0 Å². The van der Waals surface area contributed by atoms with Crippen LogP contribution >= 0.6 is 0 Å². The van der Waals surface area contributed by atoms with E-state index in [0.717, 1.165) is 5.56 Å². The highest BCUT2D eigenvalue weighted by atomic mass is 16.5. The highest BCUT2D eigenvalue weighted by molar-refractivity contribution is 5.90. The first-order valence-corrected chi connectivity index (χ1v) is 6.56. The van der Waals surface area contributed by atoms with Crippen LogP contribution in [0, 0.1) is 0 Å². The van der Waals surface area contributed by atoms with E-state index in [-0.39, 0.29) is 12.5 Å². The van der Waals surface area contributed by atoms with E-state index in [4.69, 9.17) is 4.74 Å². The topological polar surface area (TPSA) is 72.4 Å². The molecule has 0 saturated carbocycles. The zero-order valence-corrected chi connectivity index (χ0v) is 11.7. The molecule has 0 radical (unpaired) electrons. The quantitative estimate of drug-likeness (QED) is 0.882. The van der Waals surface area contributed by atoms with E-state index in [2.05, 4.69) is 10.7 Å². The van der Waals surface area contributed by atoms with E-state index < -0.39 is 12.1 Å². The summed E-state index contributed by atoms with van der Waals surface area (Å²) in [5.74, 6) is -0.331. The first-order valence-electron chi connectivity index (χ1n) is 6.56. The molecular weight excluding hydrogens is 270 g/mol. The molecule has 2 amide bonds. The normalized spacial score (nSPS) is 11.5. The number of rotatable bonds is 5. The average Bonchev–Trinajstić information content (AvgIpc) is 2.99. The summed E-state index contributed by atoms with van der Waals surface area (Å²) >= 11 is 0. The first-order chi connectivity index (χ1) is 10.1. The number of carbonyl (C=O) groups is 2. The number of alkyl carbamates (subject to hydrolysis) is 1. The Kier molecular flexibility index (Phi) is 4.98. The zero-order chi connectivity index (χ0) is 15.1. The number of amides is 2. The lowest BCUT2D eigenvalue weighted by Gasteiger charge is -2.14. The standard InChI is InChI=1S/C15H17N3O3/c1-12(14(19)17-18-9-5-6-10-18)16-15(20)21-11-13-7-3-2-4-8-13/h2-10,12H,11H2,1H3,(H,16,20)(H,17,19)/t12-/m0/s1. The van der Waals surface area contributed by atoms with Gasteiger partial charge in [0.15, 0.2) is 0 Å². The van der Waals surface area contributed by atoms with Crippen molar-refractivity contribution in [3.05, 3.63) is 60.4 Å². The lowest BCUT2D eigenvalue weighted by atomic mass is 10.2. The van der Waals surface area contributed by atoms with Crippen LogP contribution in [-0.2, 0) is 16.1 Å². The Hall–Kier alpha value is -2.76. The molecule has 0 spiro atoms. The molecule has 0 saturated heterocycles. The van der Waals surface area contributed by atoms with Crippen LogP contribution in [0.15, 0.2) is 54.9 Å². The van der Waals surface area contributed by atoms with E-state index in [1.165, 1.54) is 4.68 Å². The monoisotopic (exact) mass is 287 g/mol. The fourth-order valence-corrected chi connectivity index (χ4v) is 1.64. The largest absolute Gasteiger partial charge is 0.445 e. The highest BCUT2D eigenvalue weighted by Gasteiger charge is 2.16. The second kappa shape index (κ2) is 7.14. The Morgan fingerprint density at radius 2 is 1.81 bits per heavy atom. The van der Waals surface area contributed by atoms with Gasteiger partial charge in [-0.3, -0.25) is 14.9 Å². The number of hydrogen-bond acceptors (Lipinski definition) is 3. The molecule has 0 aliphatic rings. The molecule has 0 unspecified atom stereocenters. The lowest BCUT2D eigenvalue weighted by Crippen LogP contribution is -2.43. The smallest absolute Gasteiger partial charge is 0.408 e. The molecule has 6 heteroatoms. The number of hydrogen-bond donors (Lipinski definition) is 2. The van der Waals surface area contributed by atoms with Crippen LogP contribution in [0.1, 0.15) is 12.5 Å². The van der Waals surface area contributed by atoms with Crippen molar-refractivity contribution in [2.45, 2.75) is 19.6 Å². The molecule has 2 N–H and O–H groups in total. The van der Waals surface area contributed by atoms with Gasteiger partial charge in [-0.1, -0.05) is 30.3 Å². The zero-order valence-electron chi connectivity index (χ0n) is 11.7. The summed E-state index contributed by atoms with van der Waals surface area (Å²) in [5, 5.41) is 2.48. The molecule has 0 fully saturated rings. The van der Waals surface area contributed by atoms with Gasteiger partial charge in [0.25, 0.3) is 5.91 Å². The average molecular weight is 287 g/mol. The number of nitrogens with one attached hydrogen (secondary N) is 2. The van der Waals surface area contributed by atoms with Crippen LogP contribution in [0.2, 0.25) is 0 Å². The van der Waals surface area contributed by atoms with Gasteiger partial charge in [-0.2, -0.15) is 0 Å². The Labute approximate surface area is 122 Å². The van der Waals surface area contributed by atoms with E-state index in [9.17, 15) is 9.59 Å². The van der Waals surface area contributed by atoms with Gasteiger partial charge < -0.3 is 10.1 Å². The number of benzene rings is 1. The van der Waals surface area contributed by atoms with Crippen LogP contribution in [0.4, 0.5) is 4.79 Å². The Morgan fingerprint density at radius 3 is 2.48 bits per heavy atom. The summed E-state index contributed by atoms with van der Waals surface area (Å²) in [6.07, 6.45) is 2.76. The third kappa shape index (κ3) is 4.68. The Balaban J connectivity index is 1.75. The molecule has 6 nitrogen and oxygen atoms in total. The van der Waals surface area contributed by atoms with Crippen LogP contribution < -0.4 is 10.7 Å². The van der Waals surface area contributed by atoms with Gasteiger partial charge in [-0.25, -0.2) is 4.79 Å². The van der Waals surface area contributed by atoms with Crippen molar-refractivity contribution in [3.63, 3.8) is 0 Å². The maximum absolute atomic E-state index is 11.8. The van der Waals surface area contributed by atoms with Crippen LogP contribution in [0.5, 0.6) is 0 Å². The van der Waals surface area contributed by atoms with Crippen LogP contribution in [0.25, 0.3) is 0 Å². The second-order valence-corrected chi connectivity index (χ2v) is 4.49. The molecule has 1 aromatic carbocycles. The predicted molar refractivity (Wildman–Crippen MR) is 78.0 cm³/mol. The second-order valence-electron chi connectivity index (χ2n) is 4.49. The van der Waals surface area contributed by atoms with Gasteiger partial charge in [0.1, 0.15) is 12.6 Å². The molecule has 1 heterocycles. The molecule has 110 valence electrons. The number of nitrogens with zero attached hydrogens (tertiary/aromatic N) is 1. The number of ether oxygens (including phenoxy) is 1. The number of aromatic nitrogens is 1. The van der Waals surface area contributed by atoms with Crippen molar-refractivity contribution in [1.82, 2.24) is 9.99 Å². The Morgan fingerprint density at radius 1 is 1.14 bits per heavy atom. The third-order valence-electron chi connectivity index (χ3n) is 2.78. The summed E-state index contributed by atoms with van der Waals surface area (Å²) in [5.41, 5.74) is 3.49. The van der Waals surface area contributed by atoms with Crippen molar-refractivity contribution in [1.29, 1.82) is 0 Å². The van der Waals surface area contributed by atoms with E-state index in [1.54, 1.807) is 31.5 Å². The van der Waals surface area contributed by atoms with Crippen molar-refractivity contribution < 1.29 is 14.3 Å². The SMILES string of the molecule is C[C@H](NC(=O)OCc1ccccc1)C(=O)Nn1cccc1. The van der Waals surface area contributed by atoms with E-state index >= 15 is 0 Å². The summed E-state index contributed by atoms with van der Waals surface area (Å²) in [7, 11) is 0. The van der Waals surface area contributed by atoms with Gasteiger partial charge in [0, 0.05) is 12.4 Å². The maximum atomic E-state index is 11.8. The minimum atomic E-state index is -0.698. The molecule has 0 aliphatic carbocycles. The van der Waals surface area contributed by atoms with E-state index in [0.29, 0.717) is 0 Å². The third-order valence-corrected chi connectivity index (χ3v) is 2.78. The molecule has 0 bridgehead atoms. The van der Waals surface area contributed by atoms with Gasteiger partial charge in [-0.15, -0.1) is 0 Å². The van der Waals surface area contributed by atoms with Crippen LogP contribution in [-0.4, -0.2) is 22.7 Å².